The van der Waals surface area contributed by atoms with Gasteiger partial charge in [0.05, 0.1) is 37.9 Å². The number of ether oxygens (including phenoxy) is 3. The van der Waals surface area contributed by atoms with E-state index in [-0.39, 0.29) is 6.54 Å². The lowest BCUT2D eigenvalue weighted by Crippen LogP contribution is -2.10. The second-order valence-electron chi connectivity index (χ2n) is 2.94. The standard InChI is InChI=1S/C10H14BrNO4/c1-14-8-4-7(11)9(15-2)6(5-12-13)10(8)16-3/h4,12-13H,5H2,1-3H3. The Balaban J connectivity index is 3.40. The monoisotopic (exact) mass is 291 g/mol. The van der Waals surface area contributed by atoms with E-state index in [1.54, 1.807) is 20.3 Å². The van der Waals surface area contributed by atoms with E-state index in [4.69, 9.17) is 19.4 Å². The summed E-state index contributed by atoms with van der Waals surface area (Å²) < 4.78 is 16.4. The van der Waals surface area contributed by atoms with Crippen molar-refractivity contribution >= 4 is 15.9 Å². The van der Waals surface area contributed by atoms with Crippen molar-refractivity contribution in [3.05, 3.63) is 16.1 Å². The molecule has 1 aromatic carbocycles. The highest BCUT2D eigenvalue weighted by atomic mass is 79.9. The number of benzene rings is 1. The molecule has 0 aromatic heterocycles. The Morgan fingerprint density at radius 3 is 2.25 bits per heavy atom. The molecule has 5 nitrogen and oxygen atoms in total. The lowest BCUT2D eigenvalue weighted by atomic mass is 10.1. The molecule has 0 saturated heterocycles. The molecule has 1 aromatic rings. The summed E-state index contributed by atoms with van der Waals surface area (Å²) in [5, 5.41) is 8.80. The topological polar surface area (TPSA) is 60.0 Å². The van der Waals surface area contributed by atoms with Crippen LogP contribution in [-0.4, -0.2) is 26.5 Å². The summed E-state index contributed by atoms with van der Waals surface area (Å²) in [7, 11) is 4.63. The summed E-state index contributed by atoms with van der Waals surface area (Å²) >= 11 is 3.36. The molecule has 0 aliphatic rings. The van der Waals surface area contributed by atoms with Crippen LogP contribution in [-0.2, 0) is 6.54 Å². The van der Waals surface area contributed by atoms with Crippen molar-refractivity contribution in [3.63, 3.8) is 0 Å². The average molecular weight is 292 g/mol. The molecule has 0 bridgehead atoms. The van der Waals surface area contributed by atoms with Crippen molar-refractivity contribution in [2.45, 2.75) is 6.54 Å². The zero-order valence-corrected chi connectivity index (χ0v) is 10.9. The molecule has 0 amide bonds. The van der Waals surface area contributed by atoms with Crippen LogP contribution in [0.15, 0.2) is 10.5 Å². The minimum atomic E-state index is 0.197. The number of hydrogen-bond acceptors (Lipinski definition) is 5. The highest BCUT2D eigenvalue weighted by Crippen LogP contribution is 2.42. The number of hydroxylamine groups is 1. The third-order valence-corrected chi connectivity index (χ3v) is 2.72. The second-order valence-corrected chi connectivity index (χ2v) is 3.79. The Morgan fingerprint density at radius 1 is 1.19 bits per heavy atom. The summed E-state index contributed by atoms with van der Waals surface area (Å²) in [5.74, 6) is 1.70. The van der Waals surface area contributed by atoms with Crippen LogP contribution >= 0.6 is 15.9 Å². The van der Waals surface area contributed by atoms with Gasteiger partial charge in [-0.25, -0.2) is 5.48 Å². The van der Waals surface area contributed by atoms with Gasteiger partial charge in [-0.1, -0.05) is 0 Å². The van der Waals surface area contributed by atoms with Gasteiger partial charge in [0.25, 0.3) is 0 Å². The van der Waals surface area contributed by atoms with Gasteiger partial charge in [-0.05, 0) is 15.9 Å². The van der Waals surface area contributed by atoms with E-state index < -0.39 is 0 Å². The molecule has 16 heavy (non-hydrogen) atoms. The van der Waals surface area contributed by atoms with Crippen LogP contribution in [0.3, 0.4) is 0 Å². The van der Waals surface area contributed by atoms with Gasteiger partial charge < -0.3 is 19.4 Å². The van der Waals surface area contributed by atoms with Crippen LogP contribution in [0.5, 0.6) is 17.2 Å². The highest BCUT2D eigenvalue weighted by molar-refractivity contribution is 9.10. The maximum atomic E-state index is 8.80. The van der Waals surface area contributed by atoms with Crippen molar-refractivity contribution in [2.75, 3.05) is 21.3 Å². The molecule has 0 unspecified atom stereocenters. The first-order chi connectivity index (χ1) is 7.69. The number of nitrogens with one attached hydrogen (secondary N) is 1. The van der Waals surface area contributed by atoms with Crippen LogP contribution in [0.25, 0.3) is 0 Å². The Labute approximate surface area is 102 Å². The van der Waals surface area contributed by atoms with Crippen LogP contribution in [0.1, 0.15) is 5.56 Å². The van der Waals surface area contributed by atoms with E-state index in [9.17, 15) is 0 Å². The Hall–Kier alpha value is -0.980. The van der Waals surface area contributed by atoms with Gasteiger partial charge in [0, 0.05) is 6.07 Å². The molecule has 90 valence electrons. The predicted octanol–water partition coefficient (Wildman–Crippen LogP) is 1.95. The first-order valence-electron chi connectivity index (χ1n) is 4.53. The molecule has 0 aliphatic carbocycles. The van der Waals surface area contributed by atoms with Gasteiger partial charge in [0.15, 0.2) is 11.5 Å². The lowest BCUT2D eigenvalue weighted by Gasteiger charge is -2.17. The molecular formula is C10H14BrNO4. The normalized spacial score (nSPS) is 10.1. The van der Waals surface area contributed by atoms with Gasteiger partial charge in [-0.15, -0.1) is 0 Å². The fraction of sp³-hybridized carbons (Fsp3) is 0.400. The third-order valence-electron chi connectivity index (χ3n) is 2.13. The van der Waals surface area contributed by atoms with E-state index in [2.05, 4.69) is 21.4 Å². The summed E-state index contributed by atoms with van der Waals surface area (Å²) in [4.78, 5) is 0. The first kappa shape index (κ1) is 13.1. The summed E-state index contributed by atoms with van der Waals surface area (Å²) in [6, 6.07) is 1.75. The molecule has 0 heterocycles. The number of rotatable bonds is 5. The van der Waals surface area contributed by atoms with Gasteiger partial charge in [0.1, 0.15) is 5.75 Å². The van der Waals surface area contributed by atoms with Crippen molar-refractivity contribution < 1.29 is 19.4 Å². The van der Waals surface area contributed by atoms with E-state index in [1.165, 1.54) is 7.11 Å². The first-order valence-corrected chi connectivity index (χ1v) is 5.33. The molecule has 1 rings (SSSR count). The van der Waals surface area contributed by atoms with E-state index in [1.807, 2.05) is 0 Å². The van der Waals surface area contributed by atoms with Gasteiger partial charge in [0.2, 0.25) is 0 Å². The van der Waals surface area contributed by atoms with Crippen molar-refractivity contribution in [2.24, 2.45) is 0 Å². The van der Waals surface area contributed by atoms with E-state index in [0.717, 1.165) is 4.47 Å². The van der Waals surface area contributed by atoms with Crippen LogP contribution in [0.4, 0.5) is 0 Å². The Morgan fingerprint density at radius 2 is 1.81 bits per heavy atom. The minimum absolute atomic E-state index is 0.197. The molecular weight excluding hydrogens is 278 g/mol. The summed E-state index contributed by atoms with van der Waals surface area (Å²) in [6.45, 7) is 0.197. The molecule has 0 atom stereocenters. The zero-order chi connectivity index (χ0) is 12.1. The third kappa shape index (κ3) is 2.40. The molecule has 0 fully saturated rings. The van der Waals surface area contributed by atoms with Crippen molar-refractivity contribution in [1.29, 1.82) is 0 Å². The van der Waals surface area contributed by atoms with Crippen LogP contribution in [0, 0.1) is 0 Å². The fourth-order valence-electron chi connectivity index (χ4n) is 1.48. The fourth-order valence-corrected chi connectivity index (χ4v) is 2.09. The maximum Gasteiger partial charge on any atom is 0.169 e. The minimum Gasteiger partial charge on any atom is -0.495 e. The molecule has 2 N–H and O–H groups in total. The highest BCUT2D eigenvalue weighted by Gasteiger charge is 2.18. The van der Waals surface area contributed by atoms with Gasteiger partial charge >= 0.3 is 0 Å². The molecule has 0 saturated carbocycles. The Bertz CT molecular complexity index is 370. The lowest BCUT2D eigenvalue weighted by molar-refractivity contribution is 0.158. The number of halogens is 1. The molecule has 6 heteroatoms. The maximum absolute atomic E-state index is 8.80. The second kappa shape index (κ2) is 5.93. The van der Waals surface area contributed by atoms with Crippen LogP contribution < -0.4 is 19.7 Å². The smallest absolute Gasteiger partial charge is 0.169 e. The quantitative estimate of drug-likeness (QED) is 0.812. The SMILES string of the molecule is COc1cc(Br)c(OC)c(CNO)c1OC. The summed E-state index contributed by atoms with van der Waals surface area (Å²) in [5.41, 5.74) is 2.75. The Kier molecular flexibility index (Phi) is 4.85. The molecule has 0 spiro atoms. The van der Waals surface area contributed by atoms with E-state index in [0.29, 0.717) is 22.8 Å². The predicted molar refractivity (Wildman–Crippen MR) is 62.4 cm³/mol. The van der Waals surface area contributed by atoms with Crippen molar-refractivity contribution in [3.8, 4) is 17.2 Å². The average Bonchev–Trinajstić information content (AvgIpc) is 2.29. The van der Waals surface area contributed by atoms with Gasteiger partial charge in [-0.2, -0.15) is 0 Å². The zero-order valence-electron chi connectivity index (χ0n) is 9.33. The number of methoxy groups -OCH3 is 3. The van der Waals surface area contributed by atoms with Crippen LogP contribution in [0.2, 0.25) is 0 Å². The summed E-state index contributed by atoms with van der Waals surface area (Å²) in [6.07, 6.45) is 0. The number of hydrogen-bond donors (Lipinski definition) is 2. The van der Waals surface area contributed by atoms with Crippen molar-refractivity contribution in [1.82, 2.24) is 5.48 Å². The van der Waals surface area contributed by atoms with Gasteiger partial charge in [-0.3, -0.25) is 0 Å². The molecule has 0 radical (unpaired) electrons. The molecule has 0 aliphatic heterocycles. The largest absolute Gasteiger partial charge is 0.495 e. The van der Waals surface area contributed by atoms with E-state index >= 15 is 0 Å².